The molecule has 22 heavy (non-hydrogen) atoms. The Bertz CT molecular complexity index is 732. The minimum absolute atomic E-state index is 0.0872. The number of benzene rings is 1. The highest BCUT2D eigenvalue weighted by atomic mass is 35.5. The van der Waals surface area contributed by atoms with E-state index in [0.29, 0.717) is 18.0 Å². The van der Waals surface area contributed by atoms with E-state index in [1.54, 1.807) is 0 Å². The minimum Gasteiger partial charge on any atom is -0.309 e. The molecule has 1 aromatic rings. The van der Waals surface area contributed by atoms with Crippen LogP contribution in [-0.4, -0.2) is 47.0 Å². The van der Waals surface area contributed by atoms with Crippen molar-refractivity contribution in [2.45, 2.75) is 23.8 Å². The van der Waals surface area contributed by atoms with Gasteiger partial charge in [-0.2, -0.15) is 0 Å². The maximum absolute atomic E-state index is 12.0. The Morgan fingerprint density at radius 2 is 1.86 bits per heavy atom. The zero-order chi connectivity index (χ0) is 16.4. The van der Waals surface area contributed by atoms with Gasteiger partial charge in [-0.25, -0.2) is 21.6 Å². The van der Waals surface area contributed by atoms with E-state index in [0.717, 1.165) is 0 Å². The Kier molecular flexibility index (Phi) is 5.18. The van der Waals surface area contributed by atoms with Crippen LogP contribution in [0, 0.1) is 0 Å². The molecule has 0 saturated carbocycles. The average Bonchev–Trinajstić information content (AvgIpc) is 2.70. The topological polar surface area (TPSA) is 92.3 Å². The summed E-state index contributed by atoms with van der Waals surface area (Å²) in [4.78, 5) is 0.145. The lowest BCUT2D eigenvalue weighted by atomic mass is 10.0. The lowest BCUT2D eigenvalue weighted by molar-refractivity contribution is 0.400. The second-order valence-corrected chi connectivity index (χ2v) is 10.1. The highest BCUT2D eigenvalue weighted by Gasteiger charge is 2.37. The summed E-state index contributed by atoms with van der Waals surface area (Å²) >= 11 is 5.73. The molecule has 1 saturated heterocycles. The number of sulfonamides is 1. The monoisotopic (exact) mass is 366 g/mol. The molecule has 1 aliphatic rings. The molecule has 0 aromatic heterocycles. The molecule has 0 aliphatic carbocycles. The summed E-state index contributed by atoms with van der Waals surface area (Å²) in [6.45, 7) is 2.38. The first-order chi connectivity index (χ1) is 10.1. The van der Waals surface area contributed by atoms with Gasteiger partial charge in [0.05, 0.1) is 16.4 Å². The highest BCUT2D eigenvalue weighted by molar-refractivity contribution is 7.91. The Hall–Kier alpha value is -0.670. The zero-order valence-corrected chi connectivity index (χ0v) is 14.6. The summed E-state index contributed by atoms with van der Waals surface area (Å²) in [7, 11) is -6.56. The average molecular weight is 367 g/mol. The van der Waals surface area contributed by atoms with Crippen molar-refractivity contribution in [3.63, 3.8) is 0 Å². The van der Waals surface area contributed by atoms with Crippen molar-refractivity contribution < 1.29 is 16.8 Å². The summed E-state index contributed by atoms with van der Waals surface area (Å²) in [5.74, 6) is 0.261. The molecule has 2 N–H and O–H groups in total. The van der Waals surface area contributed by atoms with Gasteiger partial charge in [-0.05, 0) is 37.6 Å². The molecular formula is C13H19ClN2O4S2. The molecule has 0 bridgehead atoms. The molecule has 1 atom stereocenters. The maximum atomic E-state index is 12.0. The van der Waals surface area contributed by atoms with Gasteiger partial charge in [0.25, 0.3) is 0 Å². The van der Waals surface area contributed by atoms with E-state index in [2.05, 4.69) is 10.0 Å². The van der Waals surface area contributed by atoms with Gasteiger partial charge in [-0.1, -0.05) is 11.6 Å². The summed E-state index contributed by atoms with van der Waals surface area (Å²) in [5.41, 5.74) is -0.482. The fourth-order valence-corrected chi connectivity index (χ4v) is 5.68. The van der Waals surface area contributed by atoms with Crippen molar-refractivity contribution in [1.29, 1.82) is 0 Å². The van der Waals surface area contributed by atoms with E-state index in [-0.39, 0.29) is 22.9 Å². The van der Waals surface area contributed by atoms with Crippen molar-refractivity contribution in [3.05, 3.63) is 29.3 Å². The lowest BCUT2D eigenvalue weighted by Gasteiger charge is -2.24. The van der Waals surface area contributed by atoms with E-state index in [4.69, 9.17) is 11.6 Å². The number of sulfone groups is 1. The Labute approximate surface area is 136 Å². The van der Waals surface area contributed by atoms with Gasteiger partial charge in [0, 0.05) is 23.7 Å². The summed E-state index contributed by atoms with van der Waals surface area (Å²) < 4.78 is 49.5. The van der Waals surface area contributed by atoms with Crippen LogP contribution in [0.3, 0.4) is 0 Å². The Morgan fingerprint density at radius 3 is 2.41 bits per heavy atom. The van der Waals surface area contributed by atoms with Crippen LogP contribution < -0.4 is 10.0 Å². The first-order valence-corrected chi connectivity index (χ1v) is 10.5. The van der Waals surface area contributed by atoms with Crippen LogP contribution in [0.5, 0.6) is 0 Å². The standard InChI is InChI=1S/C13H19ClN2O4S2/c1-13(6-9-21(17,18)10-13)15-7-8-16-22(19,20)12-4-2-11(14)3-5-12/h2-5,15-16H,6-10H2,1H3/t13-/m0/s1. The van der Waals surface area contributed by atoms with Crippen LogP contribution >= 0.6 is 11.6 Å². The minimum atomic E-state index is -3.58. The van der Waals surface area contributed by atoms with Gasteiger partial charge in [-0.15, -0.1) is 0 Å². The van der Waals surface area contributed by atoms with Gasteiger partial charge >= 0.3 is 0 Å². The predicted molar refractivity (Wildman–Crippen MR) is 86.3 cm³/mol. The van der Waals surface area contributed by atoms with Crippen LogP contribution in [0.25, 0.3) is 0 Å². The van der Waals surface area contributed by atoms with Crippen LogP contribution in [0.1, 0.15) is 13.3 Å². The maximum Gasteiger partial charge on any atom is 0.240 e. The quantitative estimate of drug-likeness (QED) is 0.726. The van der Waals surface area contributed by atoms with Gasteiger partial charge < -0.3 is 5.32 Å². The van der Waals surface area contributed by atoms with Gasteiger partial charge in [0.15, 0.2) is 9.84 Å². The third kappa shape index (κ3) is 4.66. The third-order valence-electron chi connectivity index (χ3n) is 3.60. The van der Waals surface area contributed by atoms with Gasteiger partial charge in [0.2, 0.25) is 10.0 Å². The highest BCUT2D eigenvalue weighted by Crippen LogP contribution is 2.22. The SMILES string of the molecule is C[C@]1(NCCNS(=O)(=O)c2ccc(Cl)cc2)CCS(=O)(=O)C1. The molecule has 0 spiro atoms. The first-order valence-electron chi connectivity index (χ1n) is 6.83. The number of hydrogen-bond donors (Lipinski definition) is 2. The molecule has 2 rings (SSSR count). The van der Waals surface area contributed by atoms with Crippen molar-refractivity contribution in [1.82, 2.24) is 10.0 Å². The molecule has 1 heterocycles. The number of hydrogen-bond acceptors (Lipinski definition) is 5. The predicted octanol–water partition coefficient (Wildman–Crippen LogP) is 0.785. The van der Waals surface area contributed by atoms with E-state index < -0.39 is 25.4 Å². The van der Waals surface area contributed by atoms with Crippen molar-refractivity contribution in [2.75, 3.05) is 24.6 Å². The van der Waals surface area contributed by atoms with Gasteiger partial charge in [-0.3, -0.25) is 0 Å². The Morgan fingerprint density at radius 1 is 1.23 bits per heavy atom. The van der Waals surface area contributed by atoms with E-state index in [1.807, 2.05) is 6.92 Å². The Balaban J connectivity index is 1.85. The van der Waals surface area contributed by atoms with Crippen LogP contribution in [0.2, 0.25) is 5.02 Å². The molecule has 0 radical (unpaired) electrons. The van der Waals surface area contributed by atoms with Crippen LogP contribution in [0.15, 0.2) is 29.2 Å². The smallest absolute Gasteiger partial charge is 0.240 e. The van der Waals surface area contributed by atoms with Crippen molar-refractivity contribution >= 4 is 31.5 Å². The third-order valence-corrected chi connectivity index (χ3v) is 7.23. The first kappa shape index (κ1) is 17.7. The van der Waals surface area contributed by atoms with Crippen LogP contribution in [0.4, 0.5) is 0 Å². The van der Waals surface area contributed by atoms with Crippen molar-refractivity contribution in [2.24, 2.45) is 0 Å². The van der Waals surface area contributed by atoms with Gasteiger partial charge in [0.1, 0.15) is 0 Å². The molecule has 6 nitrogen and oxygen atoms in total. The normalized spacial score (nSPS) is 24.5. The summed E-state index contributed by atoms with van der Waals surface area (Å²) in [6, 6.07) is 5.89. The molecule has 1 aromatic carbocycles. The summed E-state index contributed by atoms with van der Waals surface area (Å²) in [5, 5.41) is 3.59. The lowest BCUT2D eigenvalue weighted by Crippen LogP contribution is -2.46. The van der Waals surface area contributed by atoms with E-state index in [1.165, 1.54) is 24.3 Å². The summed E-state index contributed by atoms with van der Waals surface area (Å²) in [6.07, 6.45) is 0.541. The number of rotatable bonds is 6. The molecule has 9 heteroatoms. The fourth-order valence-electron chi connectivity index (χ4n) is 2.40. The zero-order valence-electron chi connectivity index (χ0n) is 12.2. The fraction of sp³-hybridized carbons (Fsp3) is 0.538. The van der Waals surface area contributed by atoms with E-state index in [9.17, 15) is 16.8 Å². The second kappa shape index (κ2) is 6.45. The second-order valence-electron chi connectivity index (χ2n) is 5.68. The molecular weight excluding hydrogens is 348 g/mol. The molecule has 1 fully saturated rings. The molecule has 124 valence electrons. The molecule has 1 aliphatic heterocycles. The largest absolute Gasteiger partial charge is 0.309 e. The number of nitrogens with one attached hydrogen (secondary N) is 2. The molecule has 0 amide bonds. The van der Waals surface area contributed by atoms with Crippen molar-refractivity contribution in [3.8, 4) is 0 Å². The van der Waals surface area contributed by atoms with Crippen LogP contribution in [-0.2, 0) is 19.9 Å². The van der Waals surface area contributed by atoms with E-state index >= 15 is 0 Å². The number of halogens is 1. The molecule has 0 unspecified atom stereocenters.